The summed E-state index contributed by atoms with van der Waals surface area (Å²) < 4.78 is 0. The van der Waals surface area contributed by atoms with E-state index in [1.807, 2.05) is 0 Å². The molecule has 0 heterocycles. The lowest BCUT2D eigenvalue weighted by Crippen LogP contribution is -2.12. The summed E-state index contributed by atoms with van der Waals surface area (Å²) in [7, 11) is 0. The van der Waals surface area contributed by atoms with E-state index in [2.05, 4.69) is 43.4 Å². The Balaban J connectivity index is 1.91. The molecule has 3 nitrogen and oxygen atoms in total. The first kappa shape index (κ1) is 14.8. The van der Waals surface area contributed by atoms with E-state index in [4.69, 9.17) is 5.26 Å². The molecule has 0 bridgehead atoms. The van der Waals surface area contributed by atoms with E-state index in [0.29, 0.717) is 12.0 Å². The third kappa shape index (κ3) is 4.19. The van der Waals surface area contributed by atoms with E-state index in [1.165, 1.54) is 16.7 Å². The predicted octanol–water partition coefficient (Wildman–Crippen LogP) is 3.75. The molecule has 0 aliphatic carbocycles. The zero-order valence-corrected chi connectivity index (χ0v) is 12.3. The third-order valence-corrected chi connectivity index (χ3v) is 3.42. The highest BCUT2D eigenvalue weighted by Gasteiger charge is 2.05. The Bertz CT molecular complexity index is 681. The van der Waals surface area contributed by atoms with Crippen LogP contribution in [0, 0.1) is 25.2 Å². The number of hydrogen-bond donors (Lipinski definition) is 1. The van der Waals surface area contributed by atoms with Gasteiger partial charge < -0.3 is 5.32 Å². The minimum atomic E-state index is -0.0142. The molecule has 1 N–H and O–H groups in total. The average molecular weight is 278 g/mol. The number of nitriles is 1. The van der Waals surface area contributed by atoms with Gasteiger partial charge in [0.1, 0.15) is 0 Å². The molecule has 106 valence electrons. The second-order valence-corrected chi connectivity index (χ2v) is 5.17. The quantitative estimate of drug-likeness (QED) is 0.926. The minimum absolute atomic E-state index is 0.0142. The first-order valence-corrected chi connectivity index (χ1v) is 6.94. The number of carbonyl (C=O) groups excluding carboxylic acids is 1. The molecule has 0 saturated carbocycles. The number of rotatable bonds is 4. The fraction of sp³-hybridized carbons (Fsp3) is 0.222. The van der Waals surface area contributed by atoms with Crippen molar-refractivity contribution in [2.45, 2.75) is 26.7 Å². The lowest BCUT2D eigenvalue weighted by molar-refractivity contribution is -0.116. The summed E-state index contributed by atoms with van der Waals surface area (Å²) in [4.78, 5) is 11.9. The lowest BCUT2D eigenvalue weighted by atomic mass is 10.0. The van der Waals surface area contributed by atoms with Crippen molar-refractivity contribution in [2.24, 2.45) is 0 Å². The van der Waals surface area contributed by atoms with E-state index >= 15 is 0 Å². The van der Waals surface area contributed by atoms with E-state index in [-0.39, 0.29) is 5.91 Å². The van der Waals surface area contributed by atoms with Crippen molar-refractivity contribution in [3.05, 3.63) is 64.7 Å². The molecule has 0 radical (unpaired) electrons. The maximum absolute atomic E-state index is 11.9. The van der Waals surface area contributed by atoms with Gasteiger partial charge in [-0.1, -0.05) is 23.8 Å². The van der Waals surface area contributed by atoms with Crippen molar-refractivity contribution in [1.29, 1.82) is 5.26 Å². The van der Waals surface area contributed by atoms with Crippen LogP contribution in [0.2, 0.25) is 0 Å². The molecule has 0 atom stereocenters. The van der Waals surface area contributed by atoms with Crippen molar-refractivity contribution < 1.29 is 4.79 Å². The van der Waals surface area contributed by atoms with Gasteiger partial charge >= 0.3 is 0 Å². The number of anilines is 1. The largest absolute Gasteiger partial charge is 0.326 e. The highest BCUT2D eigenvalue weighted by atomic mass is 16.1. The molecule has 0 fully saturated rings. The number of hydrogen-bond acceptors (Lipinski definition) is 2. The summed E-state index contributed by atoms with van der Waals surface area (Å²) in [6, 6.07) is 15.2. The monoisotopic (exact) mass is 278 g/mol. The summed E-state index contributed by atoms with van der Waals surface area (Å²) in [6.07, 6.45) is 1.18. The normalized spacial score (nSPS) is 9.95. The molecule has 21 heavy (non-hydrogen) atoms. The van der Waals surface area contributed by atoms with Crippen LogP contribution in [-0.4, -0.2) is 5.91 Å². The number of amides is 1. The summed E-state index contributed by atoms with van der Waals surface area (Å²) in [6.45, 7) is 4.13. The van der Waals surface area contributed by atoms with E-state index in [1.54, 1.807) is 24.3 Å². The zero-order chi connectivity index (χ0) is 15.2. The van der Waals surface area contributed by atoms with Crippen LogP contribution >= 0.6 is 0 Å². The molecule has 3 heteroatoms. The maximum atomic E-state index is 11.9. The second kappa shape index (κ2) is 6.71. The van der Waals surface area contributed by atoms with Gasteiger partial charge in [0.05, 0.1) is 11.6 Å². The number of nitrogens with one attached hydrogen (secondary N) is 1. The Morgan fingerprint density at radius 2 is 1.86 bits per heavy atom. The van der Waals surface area contributed by atoms with Crippen LogP contribution in [0.15, 0.2) is 42.5 Å². The van der Waals surface area contributed by atoms with E-state index in [0.717, 1.165) is 12.1 Å². The van der Waals surface area contributed by atoms with E-state index < -0.39 is 0 Å². The van der Waals surface area contributed by atoms with Crippen LogP contribution in [0.3, 0.4) is 0 Å². The number of aryl methyl sites for hydroxylation is 3. The molecular formula is C18H18N2O. The molecule has 2 aromatic rings. The molecule has 0 aliphatic heterocycles. The Labute approximate surface area is 125 Å². The molecule has 0 saturated heterocycles. The van der Waals surface area contributed by atoms with Gasteiger partial charge in [-0.3, -0.25) is 4.79 Å². The fourth-order valence-corrected chi connectivity index (χ4v) is 2.23. The Kier molecular flexibility index (Phi) is 4.73. The topological polar surface area (TPSA) is 52.9 Å². The lowest BCUT2D eigenvalue weighted by Gasteiger charge is -2.08. The van der Waals surface area contributed by atoms with Crippen molar-refractivity contribution in [3.63, 3.8) is 0 Å². The standard InChI is InChI=1S/C18H18N2O/c1-13-3-6-16(14(2)11-13)7-10-18(21)20-17-8-4-15(12-19)5-9-17/h3-6,8-9,11H,7,10H2,1-2H3,(H,20,21). The van der Waals surface area contributed by atoms with Gasteiger partial charge in [0.15, 0.2) is 0 Å². The molecule has 0 aromatic heterocycles. The maximum Gasteiger partial charge on any atom is 0.224 e. The first-order chi connectivity index (χ1) is 10.1. The molecule has 0 spiro atoms. The first-order valence-electron chi connectivity index (χ1n) is 6.94. The van der Waals surface area contributed by atoms with Crippen LogP contribution in [-0.2, 0) is 11.2 Å². The average Bonchev–Trinajstić information content (AvgIpc) is 2.47. The number of benzene rings is 2. The SMILES string of the molecule is Cc1ccc(CCC(=O)Nc2ccc(C#N)cc2)c(C)c1. The molecule has 2 aromatic carbocycles. The van der Waals surface area contributed by atoms with Gasteiger partial charge in [-0.2, -0.15) is 5.26 Å². The van der Waals surface area contributed by atoms with Crippen LogP contribution in [0.4, 0.5) is 5.69 Å². The number of nitrogens with zero attached hydrogens (tertiary/aromatic N) is 1. The van der Waals surface area contributed by atoms with Crippen molar-refractivity contribution in [3.8, 4) is 6.07 Å². The highest BCUT2D eigenvalue weighted by molar-refractivity contribution is 5.90. The molecular weight excluding hydrogens is 260 g/mol. The van der Waals surface area contributed by atoms with Gasteiger partial charge in [0.25, 0.3) is 0 Å². The van der Waals surface area contributed by atoms with Gasteiger partial charge in [0.2, 0.25) is 5.91 Å². The Morgan fingerprint density at radius 1 is 1.14 bits per heavy atom. The van der Waals surface area contributed by atoms with Gasteiger partial charge in [-0.15, -0.1) is 0 Å². The van der Waals surface area contributed by atoms with Crippen molar-refractivity contribution in [2.75, 3.05) is 5.32 Å². The highest BCUT2D eigenvalue weighted by Crippen LogP contribution is 2.14. The van der Waals surface area contributed by atoms with Crippen molar-refractivity contribution in [1.82, 2.24) is 0 Å². The van der Waals surface area contributed by atoms with Crippen LogP contribution < -0.4 is 5.32 Å². The van der Waals surface area contributed by atoms with E-state index in [9.17, 15) is 4.79 Å². The van der Waals surface area contributed by atoms with Crippen molar-refractivity contribution >= 4 is 11.6 Å². The second-order valence-electron chi connectivity index (χ2n) is 5.17. The molecule has 0 unspecified atom stereocenters. The van der Waals surface area contributed by atoms with Crippen LogP contribution in [0.5, 0.6) is 0 Å². The minimum Gasteiger partial charge on any atom is -0.326 e. The Hall–Kier alpha value is -2.60. The fourth-order valence-electron chi connectivity index (χ4n) is 2.23. The predicted molar refractivity (Wildman–Crippen MR) is 84.0 cm³/mol. The van der Waals surface area contributed by atoms with Crippen LogP contribution in [0.25, 0.3) is 0 Å². The molecule has 0 aliphatic rings. The number of carbonyl (C=O) groups is 1. The summed E-state index contributed by atoms with van der Waals surface area (Å²) in [5.74, 6) is -0.0142. The molecule has 1 amide bonds. The van der Waals surface area contributed by atoms with Gasteiger partial charge in [-0.05, 0) is 55.7 Å². The summed E-state index contributed by atoms with van der Waals surface area (Å²) >= 11 is 0. The third-order valence-electron chi connectivity index (χ3n) is 3.42. The van der Waals surface area contributed by atoms with Crippen LogP contribution in [0.1, 0.15) is 28.7 Å². The molecule has 2 rings (SSSR count). The van der Waals surface area contributed by atoms with Gasteiger partial charge in [-0.25, -0.2) is 0 Å². The zero-order valence-electron chi connectivity index (χ0n) is 12.3. The smallest absolute Gasteiger partial charge is 0.224 e. The summed E-state index contributed by atoms with van der Waals surface area (Å²) in [5, 5.41) is 11.6. The van der Waals surface area contributed by atoms with Gasteiger partial charge in [0, 0.05) is 12.1 Å². The summed E-state index contributed by atoms with van der Waals surface area (Å²) in [5.41, 5.74) is 4.97. The Morgan fingerprint density at radius 3 is 2.48 bits per heavy atom.